The van der Waals surface area contributed by atoms with Crippen LogP contribution >= 0.6 is 0 Å². The minimum atomic E-state index is -5.08. The molecule has 13 heteroatoms. The van der Waals surface area contributed by atoms with Gasteiger partial charge in [0.25, 0.3) is 0 Å². The summed E-state index contributed by atoms with van der Waals surface area (Å²) in [4.78, 5) is 12.9. The lowest BCUT2D eigenvalue weighted by Crippen LogP contribution is -2.60. The topological polar surface area (TPSA) is 178 Å². The third-order valence-electron chi connectivity index (χ3n) is 11.3. The van der Waals surface area contributed by atoms with E-state index in [9.17, 15) is 33.1 Å². The smallest absolute Gasteiger partial charge is 0.397 e. The van der Waals surface area contributed by atoms with Gasteiger partial charge in [-0.25, -0.2) is 4.18 Å². The molecule has 0 bridgehead atoms. The van der Waals surface area contributed by atoms with Gasteiger partial charge in [-0.3, -0.25) is 9.35 Å². The summed E-state index contributed by atoms with van der Waals surface area (Å²) in [6, 6.07) is 0. The number of aliphatic hydroxyl groups is 3. The molecule has 1 aliphatic rings. The highest BCUT2D eigenvalue weighted by atomic mass is 32.3. The van der Waals surface area contributed by atoms with Crippen LogP contribution in [0.2, 0.25) is 0 Å². The van der Waals surface area contributed by atoms with Gasteiger partial charge in [0, 0.05) is 13.0 Å². The molecule has 6 atom stereocenters. The molecular weight excluding hydrogens is 933 g/mol. The van der Waals surface area contributed by atoms with Crippen LogP contribution in [0.3, 0.4) is 0 Å². The Bertz CT molecular complexity index is 1760. The van der Waals surface area contributed by atoms with Crippen LogP contribution in [0.1, 0.15) is 168 Å². The summed E-state index contributed by atoms with van der Waals surface area (Å²) in [7, 11) is -5.08. The summed E-state index contributed by atoms with van der Waals surface area (Å²) in [5.74, 6) is -0.441. The standard InChI is InChI=1S/C59H94O12S/c1-3-5-7-9-11-13-15-17-19-21-23-25-26-27-28-29-30-32-34-36-38-40-42-44-46-48-55(61)69-53(52-68-59-57(63)58(71-72(64,65)66)56(62)54(50-60)70-59)51-67-49-47-45-43-41-39-37-35-33-31-24-22-20-18-16-14-12-10-8-6-4-2/h5-8,11-14,17-20,23-25,27-28,30-32,36,38,53-54,56-60,62-63H,3-4,9-10,15-16,21-22,26,29,33-35,37,39-52H2,1-2H3,(H,64,65,66)/b7-5-,8-6-,13-11-,14-12-,19-17-,20-18-,25-23-,28-27-,31-24-,32-30-,38-36-. The molecule has 0 aromatic rings. The van der Waals surface area contributed by atoms with Crippen LogP contribution in [0.15, 0.2) is 134 Å². The first-order valence-electron chi connectivity index (χ1n) is 26.9. The van der Waals surface area contributed by atoms with Gasteiger partial charge < -0.3 is 34.3 Å². The fourth-order valence-corrected chi connectivity index (χ4v) is 7.80. The summed E-state index contributed by atoms with van der Waals surface area (Å²) < 4.78 is 59.3. The molecule has 12 nitrogen and oxygen atoms in total. The number of carbonyl (C=O) groups excluding carboxylic acids is 1. The Balaban J connectivity index is 2.40. The van der Waals surface area contributed by atoms with Crippen LogP contribution in [0, 0.1) is 0 Å². The molecule has 0 spiro atoms. The Labute approximate surface area is 435 Å². The first-order chi connectivity index (χ1) is 35.1. The maximum Gasteiger partial charge on any atom is 0.397 e. The van der Waals surface area contributed by atoms with Gasteiger partial charge >= 0.3 is 16.4 Å². The van der Waals surface area contributed by atoms with E-state index in [1.807, 2.05) is 0 Å². The van der Waals surface area contributed by atoms with E-state index in [1.54, 1.807) is 0 Å². The van der Waals surface area contributed by atoms with Crippen molar-refractivity contribution in [2.75, 3.05) is 26.4 Å². The molecule has 72 heavy (non-hydrogen) atoms. The Hall–Kier alpha value is -3.76. The minimum absolute atomic E-state index is 0.00438. The average molecular weight is 1030 g/mol. The predicted octanol–water partition coefficient (Wildman–Crippen LogP) is 13.1. The van der Waals surface area contributed by atoms with Crippen LogP contribution in [-0.2, 0) is 38.3 Å². The van der Waals surface area contributed by atoms with E-state index in [2.05, 4.69) is 152 Å². The van der Waals surface area contributed by atoms with E-state index in [1.165, 1.54) is 19.3 Å². The largest absolute Gasteiger partial charge is 0.457 e. The number of rotatable bonds is 45. The summed E-state index contributed by atoms with van der Waals surface area (Å²) in [5, 5.41) is 30.8. The monoisotopic (exact) mass is 1030 g/mol. The van der Waals surface area contributed by atoms with E-state index < -0.39 is 59.8 Å². The van der Waals surface area contributed by atoms with Gasteiger partial charge in [-0.2, -0.15) is 8.42 Å². The number of unbranched alkanes of at least 4 members (excludes halogenated alkanes) is 10. The molecule has 1 heterocycles. The third-order valence-corrected chi connectivity index (χ3v) is 11.7. The highest BCUT2D eigenvalue weighted by Gasteiger charge is 2.48. The van der Waals surface area contributed by atoms with E-state index in [-0.39, 0.29) is 19.6 Å². The Morgan fingerprint density at radius 3 is 1.33 bits per heavy atom. The maximum atomic E-state index is 12.9. The molecule has 0 aromatic heterocycles. The molecule has 0 aromatic carbocycles. The van der Waals surface area contributed by atoms with E-state index >= 15 is 0 Å². The van der Waals surface area contributed by atoms with Gasteiger partial charge in [0.2, 0.25) is 0 Å². The number of hydrogen-bond acceptors (Lipinski definition) is 11. The number of ether oxygens (including phenoxy) is 4. The zero-order valence-corrected chi connectivity index (χ0v) is 44.7. The molecule has 1 rings (SSSR count). The van der Waals surface area contributed by atoms with Gasteiger partial charge in [-0.05, 0) is 109 Å². The van der Waals surface area contributed by atoms with Gasteiger partial charge in [0.1, 0.15) is 30.5 Å². The maximum absolute atomic E-state index is 12.9. The summed E-state index contributed by atoms with van der Waals surface area (Å²) in [5.41, 5.74) is 0. The number of hydrogen-bond donors (Lipinski definition) is 4. The number of carbonyl (C=O) groups is 1. The van der Waals surface area contributed by atoms with Crippen LogP contribution < -0.4 is 0 Å². The van der Waals surface area contributed by atoms with E-state index in [0.717, 1.165) is 122 Å². The molecular formula is C59H94O12S. The van der Waals surface area contributed by atoms with Crippen molar-refractivity contribution in [2.24, 2.45) is 0 Å². The minimum Gasteiger partial charge on any atom is -0.457 e. The van der Waals surface area contributed by atoms with Gasteiger partial charge in [-0.15, -0.1) is 0 Å². The Morgan fingerprint density at radius 2 is 0.917 bits per heavy atom. The predicted molar refractivity (Wildman–Crippen MR) is 294 cm³/mol. The first-order valence-corrected chi connectivity index (χ1v) is 28.3. The lowest BCUT2D eigenvalue weighted by atomic mass is 9.99. The Kier molecular flexibility index (Phi) is 44.4. The van der Waals surface area contributed by atoms with Gasteiger partial charge in [0.05, 0.1) is 19.8 Å². The number of allylic oxidation sites excluding steroid dienone is 22. The quantitative estimate of drug-likeness (QED) is 0.0197. The second-order valence-corrected chi connectivity index (χ2v) is 18.7. The lowest BCUT2D eigenvalue weighted by Gasteiger charge is -2.41. The van der Waals surface area contributed by atoms with Crippen molar-refractivity contribution in [1.82, 2.24) is 0 Å². The fraction of sp³-hybridized carbons (Fsp3) is 0.610. The van der Waals surface area contributed by atoms with Gasteiger partial charge in [0.15, 0.2) is 6.29 Å². The molecule has 0 radical (unpaired) electrons. The number of aliphatic hydroxyl groups excluding tert-OH is 3. The van der Waals surface area contributed by atoms with Crippen molar-refractivity contribution < 1.29 is 56.2 Å². The zero-order valence-electron chi connectivity index (χ0n) is 43.9. The SMILES string of the molecule is CC/C=C\C/C=C\C/C=C\C/C=C\C/C=C\C/C=C\C/C=C\CCCCCC(=O)OC(COCCCCCCCCC/C=C\C/C=C\C/C=C\C/C=C\CC)COC1OC(CO)C(O)C(OS(=O)(=O)O)C1O. The fourth-order valence-electron chi connectivity index (χ4n) is 7.29. The van der Waals surface area contributed by atoms with Gasteiger partial charge in [-0.1, -0.05) is 186 Å². The average Bonchev–Trinajstić information content (AvgIpc) is 3.36. The third kappa shape index (κ3) is 40.7. The van der Waals surface area contributed by atoms with Crippen LogP contribution in [0.25, 0.3) is 0 Å². The first kappa shape index (κ1) is 66.3. The molecule has 6 unspecified atom stereocenters. The molecule has 1 fully saturated rings. The van der Waals surface area contributed by atoms with Crippen molar-refractivity contribution in [3.8, 4) is 0 Å². The van der Waals surface area contributed by atoms with Crippen molar-refractivity contribution >= 4 is 16.4 Å². The summed E-state index contributed by atoms with van der Waals surface area (Å²) in [6.07, 6.45) is 61.9. The molecule has 1 aliphatic heterocycles. The van der Waals surface area contributed by atoms with Crippen molar-refractivity contribution in [1.29, 1.82) is 0 Å². The molecule has 1 saturated heterocycles. The molecule has 4 N–H and O–H groups in total. The normalized spacial score (nSPS) is 20.0. The van der Waals surface area contributed by atoms with Crippen molar-refractivity contribution in [3.05, 3.63) is 134 Å². The van der Waals surface area contributed by atoms with Crippen molar-refractivity contribution in [2.45, 2.75) is 205 Å². The van der Waals surface area contributed by atoms with Crippen LogP contribution in [0.4, 0.5) is 0 Å². The molecule has 0 saturated carbocycles. The van der Waals surface area contributed by atoms with Crippen LogP contribution in [-0.4, -0.2) is 97.5 Å². The second-order valence-electron chi connectivity index (χ2n) is 17.7. The molecule has 408 valence electrons. The highest BCUT2D eigenvalue weighted by molar-refractivity contribution is 7.80. The van der Waals surface area contributed by atoms with E-state index in [0.29, 0.717) is 13.0 Å². The molecule has 0 amide bonds. The summed E-state index contributed by atoms with van der Waals surface area (Å²) >= 11 is 0. The number of esters is 1. The van der Waals surface area contributed by atoms with E-state index in [4.69, 9.17) is 18.9 Å². The second kappa shape index (κ2) is 48.2. The summed E-state index contributed by atoms with van der Waals surface area (Å²) in [6.45, 7) is 3.68. The zero-order chi connectivity index (χ0) is 52.4. The van der Waals surface area contributed by atoms with Crippen LogP contribution in [0.5, 0.6) is 0 Å². The highest BCUT2D eigenvalue weighted by Crippen LogP contribution is 2.26. The molecule has 0 aliphatic carbocycles. The van der Waals surface area contributed by atoms with Crippen molar-refractivity contribution in [3.63, 3.8) is 0 Å². The Morgan fingerprint density at radius 1 is 0.528 bits per heavy atom. The lowest BCUT2D eigenvalue weighted by molar-refractivity contribution is -0.301.